The van der Waals surface area contributed by atoms with Crippen LogP contribution in [0.5, 0.6) is 0 Å². The number of hydrogen-bond donors (Lipinski definition) is 1. The van der Waals surface area contributed by atoms with E-state index in [1.807, 2.05) is 6.07 Å². The molecule has 98 valence electrons. The molecular formula is C14H20N2O2. The minimum atomic E-state index is -0.313. The summed E-state index contributed by atoms with van der Waals surface area (Å²) in [5, 5.41) is 14.4. The summed E-state index contributed by atoms with van der Waals surface area (Å²) in [6, 6.07) is 7.30. The monoisotopic (exact) mass is 248 g/mol. The molecule has 0 spiro atoms. The number of nitro benzene ring substituents is 1. The third-order valence-electron chi connectivity index (χ3n) is 3.88. The molecule has 1 aliphatic carbocycles. The second-order valence-corrected chi connectivity index (χ2v) is 4.98. The molecule has 0 saturated heterocycles. The van der Waals surface area contributed by atoms with Crippen molar-refractivity contribution in [1.29, 1.82) is 0 Å². The highest BCUT2D eigenvalue weighted by atomic mass is 16.6. The molecule has 0 bridgehead atoms. The second kappa shape index (κ2) is 5.85. The highest BCUT2D eigenvalue weighted by Crippen LogP contribution is 2.32. The van der Waals surface area contributed by atoms with Crippen LogP contribution in [0.3, 0.4) is 0 Å². The fourth-order valence-corrected chi connectivity index (χ4v) is 2.84. The van der Waals surface area contributed by atoms with E-state index in [4.69, 9.17) is 0 Å². The lowest BCUT2D eigenvalue weighted by molar-refractivity contribution is -0.384. The summed E-state index contributed by atoms with van der Waals surface area (Å²) in [5.41, 5.74) is 0.839. The predicted molar refractivity (Wildman–Crippen MR) is 72.8 cm³/mol. The number of hydrogen-bond acceptors (Lipinski definition) is 3. The van der Waals surface area contributed by atoms with E-state index in [2.05, 4.69) is 12.2 Å². The van der Waals surface area contributed by atoms with E-state index >= 15 is 0 Å². The van der Waals surface area contributed by atoms with Gasteiger partial charge in [0, 0.05) is 12.1 Å². The minimum Gasteiger partial charge on any atom is -0.376 e. The summed E-state index contributed by atoms with van der Waals surface area (Å²) < 4.78 is 0. The second-order valence-electron chi connectivity index (χ2n) is 4.98. The molecule has 2 atom stereocenters. The molecule has 4 heteroatoms. The molecule has 1 aliphatic rings. The first-order valence-corrected chi connectivity index (χ1v) is 6.72. The van der Waals surface area contributed by atoms with Crippen LogP contribution in [0.2, 0.25) is 0 Å². The molecule has 0 aromatic heterocycles. The van der Waals surface area contributed by atoms with E-state index in [0.717, 1.165) is 12.8 Å². The van der Waals surface area contributed by atoms with Crippen LogP contribution in [0.25, 0.3) is 0 Å². The van der Waals surface area contributed by atoms with E-state index in [9.17, 15) is 10.1 Å². The summed E-state index contributed by atoms with van der Waals surface area (Å²) in [5.74, 6) is 0.638. The van der Waals surface area contributed by atoms with E-state index in [-0.39, 0.29) is 10.6 Å². The van der Waals surface area contributed by atoms with Crippen molar-refractivity contribution in [2.45, 2.75) is 45.1 Å². The first kappa shape index (κ1) is 12.9. The molecule has 0 heterocycles. The lowest BCUT2D eigenvalue weighted by Gasteiger charge is -2.32. The third kappa shape index (κ3) is 2.81. The van der Waals surface area contributed by atoms with Crippen LogP contribution in [0.4, 0.5) is 11.4 Å². The SMILES string of the molecule is CCC1CCCCC1Nc1ccccc1[N+](=O)[O-]. The molecule has 1 aromatic rings. The van der Waals surface area contributed by atoms with Crippen LogP contribution in [0.1, 0.15) is 39.0 Å². The van der Waals surface area contributed by atoms with Crippen molar-refractivity contribution in [2.75, 3.05) is 5.32 Å². The Bertz CT molecular complexity index is 420. The van der Waals surface area contributed by atoms with Gasteiger partial charge in [-0.1, -0.05) is 38.3 Å². The average molecular weight is 248 g/mol. The fraction of sp³-hybridized carbons (Fsp3) is 0.571. The zero-order valence-corrected chi connectivity index (χ0v) is 10.8. The fourth-order valence-electron chi connectivity index (χ4n) is 2.84. The van der Waals surface area contributed by atoms with Gasteiger partial charge in [-0.2, -0.15) is 0 Å². The van der Waals surface area contributed by atoms with Gasteiger partial charge < -0.3 is 5.32 Å². The lowest BCUT2D eigenvalue weighted by Crippen LogP contribution is -2.32. The Morgan fingerprint density at radius 2 is 2.06 bits per heavy atom. The Morgan fingerprint density at radius 1 is 1.33 bits per heavy atom. The number of nitrogens with one attached hydrogen (secondary N) is 1. The van der Waals surface area contributed by atoms with Gasteiger partial charge in [-0.15, -0.1) is 0 Å². The van der Waals surface area contributed by atoms with Crippen LogP contribution in [0.15, 0.2) is 24.3 Å². The van der Waals surface area contributed by atoms with Crippen molar-refractivity contribution < 1.29 is 4.92 Å². The van der Waals surface area contributed by atoms with Gasteiger partial charge in [-0.3, -0.25) is 10.1 Å². The van der Waals surface area contributed by atoms with Crippen LogP contribution in [-0.4, -0.2) is 11.0 Å². The molecule has 2 unspecified atom stereocenters. The molecule has 4 nitrogen and oxygen atoms in total. The zero-order chi connectivity index (χ0) is 13.0. The summed E-state index contributed by atoms with van der Waals surface area (Å²) >= 11 is 0. The molecule has 1 aromatic carbocycles. The van der Waals surface area contributed by atoms with Crippen molar-refractivity contribution in [3.05, 3.63) is 34.4 Å². The van der Waals surface area contributed by atoms with Gasteiger partial charge in [0.2, 0.25) is 0 Å². The number of anilines is 1. The Kier molecular flexibility index (Phi) is 4.18. The molecule has 1 saturated carbocycles. The van der Waals surface area contributed by atoms with E-state index in [0.29, 0.717) is 17.6 Å². The van der Waals surface area contributed by atoms with E-state index in [1.54, 1.807) is 18.2 Å². The van der Waals surface area contributed by atoms with Gasteiger partial charge in [0.05, 0.1) is 4.92 Å². The number of nitro groups is 1. The molecule has 0 radical (unpaired) electrons. The number of rotatable bonds is 4. The molecule has 1 N–H and O–H groups in total. The topological polar surface area (TPSA) is 55.2 Å². The third-order valence-corrected chi connectivity index (χ3v) is 3.88. The summed E-state index contributed by atoms with van der Waals surface area (Å²) in [7, 11) is 0. The Labute approximate surface area is 108 Å². The molecule has 1 fully saturated rings. The maximum Gasteiger partial charge on any atom is 0.292 e. The molecule has 18 heavy (non-hydrogen) atoms. The van der Waals surface area contributed by atoms with Gasteiger partial charge in [0.25, 0.3) is 5.69 Å². The van der Waals surface area contributed by atoms with Gasteiger partial charge in [-0.05, 0) is 24.8 Å². The van der Waals surface area contributed by atoms with Crippen LogP contribution in [-0.2, 0) is 0 Å². The summed E-state index contributed by atoms with van der Waals surface area (Å²) in [6.07, 6.45) is 5.99. The average Bonchev–Trinajstić information content (AvgIpc) is 2.40. The molecule has 0 aliphatic heterocycles. The number of para-hydroxylation sites is 2. The maximum atomic E-state index is 11.0. The first-order valence-electron chi connectivity index (χ1n) is 6.72. The Balaban J connectivity index is 2.15. The van der Waals surface area contributed by atoms with Crippen LogP contribution >= 0.6 is 0 Å². The van der Waals surface area contributed by atoms with Gasteiger partial charge in [-0.25, -0.2) is 0 Å². The van der Waals surface area contributed by atoms with E-state index < -0.39 is 0 Å². The number of nitrogens with zero attached hydrogens (tertiary/aromatic N) is 1. The number of benzene rings is 1. The first-order chi connectivity index (χ1) is 8.72. The normalized spacial score (nSPS) is 23.6. The Morgan fingerprint density at radius 3 is 2.78 bits per heavy atom. The van der Waals surface area contributed by atoms with Crippen molar-refractivity contribution in [2.24, 2.45) is 5.92 Å². The minimum absolute atomic E-state index is 0.179. The lowest BCUT2D eigenvalue weighted by atomic mass is 9.83. The summed E-state index contributed by atoms with van der Waals surface area (Å²) in [6.45, 7) is 2.20. The smallest absolute Gasteiger partial charge is 0.292 e. The standard InChI is InChI=1S/C14H20N2O2/c1-2-11-7-3-4-8-12(11)15-13-9-5-6-10-14(13)16(17)18/h5-6,9-12,15H,2-4,7-8H2,1H3. The van der Waals surface area contributed by atoms with Crippen LogP contribution < -0.4 is 5.32 Å². The zero-order valence-electron chi connectivity index (χ0n) is 10.8. The molecule has 2 rings (SSSR count). The van der Waals surface area contributed by atoms with Crippen molar-refractivity contribution in [1.82, 2.24) is 0 Å². The van der Waals surface area contributed by atoms with Crippen LogP contribution in [0, 0.1) is 16.0 Å². The van der Waals surface area contributed by atoms with Gasteiger partial charge in [0.1, 0.15) is 5.69 Å². The highest BCUT2D eigenvalue weighted by molar-refractivity contribution is 5.61. The van der Waals surface area contributed by atoms with Gasteiger partial charge in [0.15, 0.2) is 0 Å². The predicted octanol–water partition coefficient (Wildman–Crippen LogP) is 3.98. The molecule has 0 amide bonds. The molecular weight excluding hydrogens is 228 g/mol. The highest BCUT2D eigenvalue weighted by Gasteiger charge is 2.25. The quantitative estimate of drug-likeness (QED) is 0.647. The maximum absolute atomic E-state index is 11.0. The van der Waals surface area contributed by atoms with Crippen molar-refractivity contribution >= 4 is 11.4 Å². The van der Waals surface area contributed by atoms with Gasteiger partial charge >= 0.3 is 0 Å². The summed E-state index contributed by atoms with van der Waals surface area (Å²) in [4.78, 5) is 10.7. The van der Waals surface area contributed by atoms with Crippen molar-refractivity contribution in [3.8, 4) is 0 Å². The van der Waals surface area contributed by atoms with E-state index in [1.165, 1.54) is 19.3 Å². The largest absolute Gasteiger partial charge is 0.376 e. The van der Waals surface area contributed by atoms with Crippen molar-refractivity contribution in [3.63, 3.8) is 0 Å². The Hall–Kier alpha value is -1.58.